The number of ether oxygens (including phenoxy) is 1. The van der Waals surface area contributed by atoms with Gasteiger partial charge in [0.2, 0.25) is 5.91 Å². The molecule has 0 rings (SSSR count). The molecule has 1 amide bonds. The highest BCUT2D eigenvalue weighted by molar-refractivity contribution is 5.86. The Bertz CT molecular complexity index is 392. The number of hydrogen-bond acceptors (Lipinski definition) is 4. The molecule has 0 aromatic carbocycles. The van der Waals surface area contributed by atoms with Crippen molar-refractivity contribution in [3.05, 3.63) is 0 Å². The Balaban J connectivity index is 4.45. The van der Waals surface area contributed by atoms with Crippen LogP contribution in [-0.4, -0.2) is 61.5 Å². The average Bonchev–Trinajstić information content (AvgIpc) is 2.42. The van der Waals surface area contributed by atoms with E-state index in [0.717, 1.165) is 0 Å². The molecule has 23 heavy (non-hydrogen) atoms. The Labute approximate surface area is 142 Å². The second kappa shape index (κ2) is 9.38. The van der Waals surface area contributed by atoms with E-state index in [9.17, 15) is 9.59 Å². The summed E-state index contributed by atoms with van der Waals surface area (Å²) < 4.78 is 5.33. The van der Waals surface area contributed by atoms with Gasteiger partial charge in [0.25, 0.3) is 0 Å². The number of amides is 1. The lowest BCUT2D eigenvalue weighted by molar-refractivity contribution is -0.138. The second-order valence-electron chi connectivity index (χ2n) is 7.77. The van der Waals surface area contributed by atoms with Gasteiger partial charge in [0, 0.05) is 24.9 Å². The van der Waals surface area contributed by atoms with Crippen molar-refractivity contribution in [2.24, 2.45) is 17.3 Å². The normalized spacial score (nSPS) is 13.7. The summed E-state index contributed by atoms with van der Waals surface area (Å²) in [6.45, 7) is 15.2. The molecule has 0 aromatic heterocycles. The first kappa shape index (κ1) is 22.1. The molecule has 0 fully saturated rings. The van der Waals surface area contributed by atoms with E-state index in [-0.39, 0.29) is 35.7 Å². The van der Waals surface area contributed by atoms with Crippen molar-refractivity contribution in [3.8, 4) is 0 Å². The Morgan fingerprint density at radius 3 is 2.00 bits per heavy atom. The van der Waals surface area contributed by atoms with Crippen molar-refractivity contribution in [2.75, 3.05) is 33.9 Å². The van der Waals surface area contributed by atoms with Crippen LogP contribution in [0.5, 0.6) is 0 Å². The fourth-order valence-electron chi connectivity index (χ4n) is 2.32. The Morgan fingerprint density at radius 2 is 1.57 bits per heavy atom. The van der Waals surface area contributed by atoms with Crippen molar-refractivity contribution in [1.82, 2.24) is 9.80 Å². The molecule has 0 heterocycles. The van der Waals surface area contributed by atoms with Crippen LogP contribution in [-0.2, 0) is 14.3 Å². The third-order valence-electron chi connectivity index (χ3n) is 4.53. The highest BCUT2D eigenvalue weighted by atomic mass is 16.5. The van der Waals surface area contributed by atoms with E-state index in [1.54, 1.807) is 11.9 Å². The van der Waals surface area contributed by atoms with Crippen LogP contribution in [0.3, 0.4) is 0 Å². The largest absolute Gasteiger partial charge is 0.369 e. The topological polar surface area (TPSA) is 49.9 Å². The number of nitrogens with zero attached hydrogens (tertiary/aromatic N) is 2. The van der Waals surface area contributed by atoms with Crippen LogP contribution in [0.15, 0.2) is 0 Å². The highest BCUT2D eigenvalue weighted by Crippen LogP contribution is 2.30. The second-order valence-corrected chi connectivity index (χ2v) is 7.77. The van der Waals surface area contributed by atoms with Crippen molar-refractivity contribution >= 4 is 11.7 Å². The number of hydrogen-bond donors (Lipinski definition) is 0. The number of carbonyl (C=O) groups excluding carboxylic acids is 2. The van der Waals surface area contributed by atoms with Gasteiger partial charge in [-0.25, -0.2) is 0 Å². The SMILES string of the molecule is CC(C)OCC(=O)N(C)CN(C)CC(C)C(=O)C(C)(C)C(C)C. The molecule has 0 spiro atoms. The molecule has 0 N–H and O–H groups in total. The standard InChI is InChI=1S/C18H36N2O3/c1-13(2)18(6,7)17(22)15(5)10-19(8)12-20(9)16(21)11-23-14(3)4/h13-15H,10-12H2,1-9H3. The van der Waals surface area contributed by atoms with Crippen molar-refractivity contribution in [1.29, 1.82) is 0 Å². The van der Waals surface area contributed by atoms with E-state index >= 15 is 0 Å². The first-order valence-electron chi connectivity index (χ1n) is 8.48. The number of rotatable bonds is 10. The monoisotopic (exact) mass is 328 g/mol. The molecular formula is C18H36N2O3. The minimum Gasteiger partial charge on any atom is -0.369 e. The van der Waals surface area contributed by atoms with Crippen LogP contribution in [0.1, 0.15) is 48.5 Å². The van der Waals surface area contributed by atoms with E-state index in [0.29, 0.717) is 19.1 Å². The minimum absolute atomic E-state index is 0.0426. The zero-order chi connectivity index (χ0) is 18.4. The quantitative estimate of drug-likeness (QED) is 0.579. The zero-order valence-corrected chi connectivity index (χ0v) is 16.5. The maximum absolute atomic E-state index is 12.6. The van der Waals surface area contributed by atoms with Crippen molar-refractivity contribution in [2.45, 2.75) is 54.6 Å². The third-order valence-corrected chi connectivity index (χ3v) is 4.53. The fourth-order valence-corrected chi connectivity index (χ4v) is 2.32. The zero-order valence-electron chi connectivity index (χ0n) is 16.5. The van der Waals surface area contributed by atoms with Crippen LogP contribution in [0.2, 0.25) is 0 Å². The summed E-state index contributed by atoms with van der Waals surface area (Å²) in [7, 11) is 3.69. The number of carbonyl (C=O) groups is 2. The summed E-state index contributed by atoms with van der Waals surface area (Å²) >= 11 is 0. The van der Waals surface area contributed by atoms with E-state index in [1.165, 1.54) is 0 Å². The number of Topliss-reactive ketones (excluding diaryl/α,β-unsaturated/α-hetero) is 1. The van der Waals surface area contributed by atoms with Gasteiger partial charge >= 0.3 is 0 Å². The number of likely N-dealkylation sites (N-methyl/N-ethyl adjacent to an activating group) is 1. The van der Waals surface area contributed by atoms with E-state index in [1.807, 2.05) is 46.6 Å². The van der Waals surface area contributed by atoms with E-state index < -0.39 is 0 Å². The van der Waals surface area contributed by atoms with Gasteiger partial charge in [0.1, 0.15) is 12.4 Å². The van der Waals surface area contributed by atoms with Gasteiger partial charge in [-0.2, -0.15) is 0 Å². The predicted octanol–water partition coefficient (Wildman–Crippen LogP) is 2.65. The maximum atomic E-state index is 12.6. The smallest absolute Gasteiger partial charge is 0.249 e. The lowest BCUT2D eigenvalue weighted by Crippen LogP contribution is -2.43. The van der Waals surface area contributed by atoms with Gasteiger partial charge in [0.05, 0.1) is 12.8 Å². The molecule has 0 bridgehead atoms. The minimum atomic E-state index is -0.326. The molecule has 0 aliphatic carbocycles. The molecule has 1 unspecified atom stereocenters. The van der Waals surface area contributed by atoms with Gasteiger partial charge in [0.15, 0.2) is 0 Å². The van der Waals surface area contributed by atoms with Crippen LogP contribution >= 0.6 is 0 Å². The first-order valence-corrected chi connectivity index (χ1v) is 8.48. The summed E-state index contributed by atoms with van der Waals surface area (Å²) in [6.07, 6.45) is 0.0426. The number of ketones is 1. The Kier molecular flexibility index (Phi) is 9.00. The van der Waals surface area contributed by atoms with Crippen molar-refractivity contribution in [3.63, 3.8) is 0 Å². The van der Waals surface area contributed by atoms with Crippen LogP contribution in [0.4, 0.5) is 0 Å². The van der Waals surface area contributed by atoms with E-state index in [2.05, 4.69) is 13.8 Å². The lowest BCUT2D eigenvalue weighted by atomic mass is 9.73. The third kappa shape index (κ3) is 7.44. The molecular weight excluding hydrogens is 292 g/mol. The lowest BCUT2D eigenvalue weighted by Gasteiger charge is -2.33. The maximum Gasteiger partial charge on any atom is 0.249 e. The molecule has 5 nitrogen and oxygen atoms in total. The molecule has 136 valence electrons. The van der Waals surface area contributed by atoms with Gasteiger partial charge in [-0.05, 0) is 26.8 Å². The molecule has 0 aromatic rings. The highest BCUT2D eigenvalue weighted by Gasteiger charge is 2.34. The van der Waals surface area contributed by atoms with Gasteiger partial charge < -0.3 is 9.64 Å². The summed E-state index contributed by atoms with van der Waals surface area (Å²) in [6, 6.07) is 0. The molecule has 0 aliphatic rings. The molecule has 0 aliphatic heterocycles. The molecule has 0 saturated heterocycles. The predicted molar refractivity (Wildman–Crippen MR) is 94.1 cm³/mol. The van der Waals surface area contributed by atoms with E-state index in [4.69, 9.17) is 4.74 Å². The average molecular weight is 328 g/mol. The van der Waals surface area contributed by atoms with Crippen LogP contribution < -0.4 is 0 Å². The van der Waals surface area contributed by atoms with Gasteiger partial charge in [-0.15, -0.1) is 0 Å². The molecule has 5 heteroatoms. The fraction of sp³-hybridized carbons (Fsp3) is 0.889. The Hall–Kier alpha value is -0.940. The van der Waals surface area contributed by atoms with Gasteiger partial charge in [-0.3, -0.25) is 14.5 Å². The van der Waals surface area contributed by atoms with Crippen LogP contribution in [0.25, 0.3) is 0 Å². The summed E-state index contributed by atoms with van der Waals surface area (Å²) in [4.78, 5) is 28.2. The molecule has 0 saturated carbocycles. The van der Waals surface area contributed by atoms with Crippen LogP contribution in [0, 0.1) is 17.3 Å². The molecule has 1 atom stereocenters. The summed E-state index contributed by atoms with van der Waals surface area (Å²) in [5.41, 5.74) is -0.326. The summed E-state index contributed by atoms with van der Waals surface area (Å²) in [5, 5.41) is 0. The van der Waals surface area contributed by atoms with Gasteiger partial charge in [-0.1, -0.05) is 34.6 Å². The summed E-state index contributed by atoms with van der Waals surface area (Å²) in [5.74, 6) is 0.469. The molecule has 0 radical (unpaired) electrons. The first-order chi connectivity index (χ1) is 10.4. The Morgan fingerprint density at radius 1 is 1.04 bits per heavy atom. The van der Waals surface area contributed by atoms with Crippen molar-refractivity contribution < 1.29 is 14.3 Å².